The van der Waals surface area contributed by atoms with Crippen molar-refractivity contribution in [2.75, 3.05) is 5.32 Å². The van der Waals surface area contributed by atoms with Crippen LogP contribution in [-0.2, 0) is 4.79 Å². The number of phenolic OH excluding ortho intramolecular Hbond substituents is 1. The lowest BCUT2D eigenvalue weighted by atomic mass is 9.87. The number of carbonyl (C=O) groups is 1. The summed E-state index contributed by atoms with van der Waals surface area (Å²) in [5.74, 6) is -0.205. The fraction of sp³-hybridized carbons (Fsp3) is 0.219. The van der Waals surface area contributed by atoms with Crippen molar-refractivity contribution < 1.29 is 14.3 Å². The van der Waals surface area contributed by atoms with Crippen LogP contribution in [-0.4, -0.2) is 41.1 Å². The molecule has 0 radical (unpaired) electrons. The second-order valence-corrected chi connectivity index (χ2v) is 10.9. The van der Waals surface area contributed by atoms with E-state index in [0.29, 0.717) is 51.8 Å². The van der Waals surface area contributed by atoms with Crippen molar-refractivity contribution in [3.63, 3.8) is 0 Å². The Morgan fingerprint density at radius 1 is 1.02 bits per heavy atom. The molecule has 1 fully saturated rings. The molecule has 42 heavy (non-hydrogen) atoms. The number of nitrogens with zero attached hydrogens (tertiary/aromatic N) is 4. The van der Waals surface area contributed by atoms with E-state index in [9.17, 15) is 14.3 Å². The number of aromatic amines is 2. The van der Waals surface area contributed by atoms with Crippen LogP contribution in [0.15, 0.2) is 67.1 Å². The number of aromatic hydroxyl groups is 1. The first-order valence-corrected chi connectivity index (χ1v) is 14.1. The largest absolute Gasteiger partial charge is 0.508 e. The molecule has 9 nitrogen and oxygen atoms in total. The third-order valence-electron chi connectivity index (χ3n) is 7.90. The van der Waals surface area contributed by atoms with Crippen molar-refractivity contribution >= 4 is 33.7 Å². The standard InChI is InChI=1S/C32H28FN7O2/c33-21-11-19(13-23(41)14-21)24-8-9-35-32-25(24)15-28(38-32)31-30-27(39-40-31)7-6-26(37-30)20-12-22(17-34-16-20)36-29(42)10-18-4-2-1-3-5-18/h6-9,11-18,41H,1-5,10H2,(H,35,38)(H,36,42)(H,39,40). The topological polar surface area (TPSA) is 132 Å². The highest BCUT2D eigenvalue weighted by Gasteiger charge is 2.19. The lowest BCUT2D eigenvalue weighted by molar-refractivity contribution is -0.117. The quantitative estimate of drug-likeness (QED) is 0.173. The zero-order valence-corrected chi connectivity index (χ0v) is 22.7. The second kappa shape index (κ2) is 10.7. The molecule has 210 valence electrons. The van der Waals surface area contributed by atoms with Gasteiger partial charge in [0.05, 0.1) is 28.8 Å². The lowest BCUT2D eigenvalue weighted by Crippen LogP contribution is -2.18. The molecule has 0 spiro atoms. The highest BCUT2D eigenvalue weighted by molar-refractivity contribution is 5.99. The fourth-order valence-electron chi connectivity index (χ4n) is 5.90. The number of benzene rings is 1. The van der Waals surface area contributed by atoms with E-state index in [1.807, 2.05) is 24.3 Å². The van der Waals surface area contributed by atoms with Crippen molar-refractivity contribution in [2.24, 2.45) is 5.92 Å². The lowest BCUT2D eigenvalue weighted by Gasteiger charge is -2.20. The predicted molar refractivity (Wildman–Crippen MR) is 159 cm³/mol. The van der Waals surface area contributed by atoms with Crippen molar-refractivity contribution in [3.8, 4) is 39.5 Å². The number of aromatic nitrogens is 6. The maximum absolute atomic E-state index is 14.0. The molecule has 1 amide bonds. The van der Waals surface area contributed by atoms with Gasteiger partial charge in [-0.3, -0.25) is 14.9 Å². The van der Waals surface area contributed by atoms with Gasteiger partial charge in [0.1, 0.15) is 28.4 Å². The van der Waals surface area contributed by atoms with Crippen LogP contribution in [0.25, 0.3) is 55.8 Å². The first kappa shape index (κ1) is 25.8. The molecule has 6 aromatic rings. The summed E-state index contributed by atoms with van der Waals surface area (Å²) in [6, 6.07) is 13.3. The highest BCUT2D eigenvalue weighted by Crippen LogP contribution is 2.35. The summed E-state index contributed by atoms with van der Waals surface area (Å²) in [4.78, 5) is 29.7. The van der Waals surface area contributed by atoms with E-state index in [-0.39, 0.29) is 11.7 Å². The van der Waals surface area contributed by atoms with Crippen LogP contribution in [0.4, 0.5) is 10.1 Å². The summed E-state index contributed by atoms with van der Waals surface area (Å²) in [6.07, 6.45) is 11.4. The third-order valence-corrected chi connectivity index (χ3v) is 7.90. The molecule has 5 aromatic heterocycles. The monoisotopic (exact) mass is 561 g/mol. The van der Waals surface area contributed by atoms with Gasteiger partial charge in [-0.15, -0.1) is 0 Å². The number of carbonyl (C=O) groups excluding carboxylic acids is 1. The Bertz CT molecular complexity index is 1920. The summed E-state index contributed by atoms with van der Waals surface area (Å²) in [5.41, 5.74) is 6.63. The molecular formula is C32H28FN7O2. The first-order chi connectivity index (χ1) is 20.5. The van der Waals surface area contributed by atoms with Crippen LogP contribution >= 0.6 is 0 Å². The number of hydrogen-bond donors (Lipinski definition) is 4. The molecule has 5 heterocycles. The molecule has 0 bridgehead atoms. The van der Waals surface area contributed by atoms with E-state index in [2.05, 4.69) is 30.5 Å². The van der Waals surface area contributed by atoms with Crippen LogP contribution in [0.3, 0.4) is 0 Å². The zero-order valence-electron chi connectivity index (χ0n) is 22.7. The molecule has 1 aromatic carbocycles. The van der Waals surface area contributed by atoms with Crippen molar-refractivity contribution in [1.82, 2.24) is 30.1 Å². The van der Waals surface area contributed by atoms with Crippen LogP contribution in [0, 0.1) is 11.7 Å². The van der Waals surface area contributed by atoms with E-state index in [1.54, 1.807) is 24.7 Å². The van der Waals surface area contributed by atoms with Crippen LogP contribution in [0.1, 0.15) is 38.5 Å². The number of phenols is 1. The van der Waals surface area contributed by atoms with E-state index >= 15 is 0 Å². The number of hydrogen-bond acceptors (Lipinski definition) is 6. The molecule has 0 aliphatic heterocycles. The minimum absolute atomic E-state index is 0.0154. The first-order valence-electron chi connectivity index (χ1n) is 14.1. The van der Waals surface area contributed by atoms with E-state index in [4.69, 9.17) is 4.98 Å². The second-order valence-electron chi connectivity index (χ2n) is 10.9. The molecule has 1 saturated carbocycles. The fourth-order valence-corrected chi connectivity index (χ4v) is 5.90. The predicted octanol–water partition coefficient (Wildman–Crippen LogP) is 6.98. The van der Waals surface area contributed by atoms with Gasteiger partial charge in [-0.25, -0.2) is 14.4 Å². The number of anilines is 1. The Morgan fingerprint density at radius 2 is 1.90 bits per heavy atom. The van der Waals surface area contributed by atoms with Gasteiger partial charge in [0.2, 0.25) is 5.91 Å². The molecular weight excluding hydrogens is 533 g/mol. The summed E-state index contributed by atoms with van der Waals surface area (Å²) < 4.78 is 14.0. The Kier molecular flexibility index (Phi) is 6.58. The van der Waals surface area contributed by atoms with Crippen LogP contribution in [0.5, 0.6) is 5.75 Å². The molecule has 4 N–H and O–H groups in total. The number of H-pyrrole nitrogens is 2. The molecule has 10 heteroatoms. The molecule has 0 atom stereocenters. The van der Waals surface area contributed by atoms with Gasteiger partial charge in [0.25, 0.3) is 0 Å². The Hall–Kier alpha value is -5.12. The van der Waals surface area contributed by atoms with Crippen LogP contribution < -0.4 is 5.32 Å². The van der Waals surface area contributed by atoms with E-state index in [1.165, 1.54) is 31.4 Å². The number of pyridine rings is 3. The number of rotatable bonds is 6. The molecule has 7 rings (SSSR count). The Morgan fingerprint density at radius 3 is 2.76 bits per heavy atom. The minimum Gasteiger partial charge on any atom is -0.508 e. The molecule has 0 unspecified atom stereocenters. The summed E-state index contributed by atoms with van der Waals surface area (Å²) in [7, 11) is 0. The van der Waals surface area contributed by atoms with Gasteiger partial charge < -0.3 is 15.4 Å². The SMILES string of the molecule is O=C(CC1CCCCC1)Nc1cncc(-c2ccc3[nH]nc(-c4cc5c(-c6cc(O)cc(F)c6)ccnc5[nH]4)c3n2)c1. The summed E-state index contributed by atoms with van der Waals surface area (Å²) in [5, 5.41) is 21.3. The molecule has 0 saturated heterocycles. The number of amides is 1. The van der Waals surface area contributed by atoms with Crippen LogP contribution in [0.2, 0.25) is 0 Å². The normalized spacial score (nSPS) is 14.0. The molecule has 1 aliphatic rings. The Balaban J connectivity index is 1.20. The average molecular weight is 562 g/mol. The van der Waals surface area contributed by atoms with Crippen molar-refractivity contribution in [2.45, 2.75) is 38.5 Å². The van der Waals surface area contributed by atoms with Gasteiger partial charge in [-0.2, -0.15) is 5.10 Å². The summed E-state index contributed by atoms with van der Waals surface area (Å²) in [6.45, 7) is 0. The maximum atomic E-state index is 14.0. The van der Waals surface area contributed by atoms with E-state index in [0.717, 1.165) is 40.9 Å². The number of fused-ring (bicyclic) bond motifs is 2. The van der Waals surface area contributed by atoms with Gasteiger partial charge in [-0.05, 0) is 72.4 Å². The van der Waals surface area contributed by atoms with Crippen molar-refractivity contribution in [1.29, 1.82) is 0 Å². The zero-order chi connectivity index (χ0) is 28.6. The van der Waals surface area contributed by atoms with Gasteiger partial charge >= 0.3 is 0 Å². The number of nitrogens with one attached hydrogen (secondary N) is 3. The van der Waals surface area contributed by atoms with E-state index < -0.39 is 5.82 Å². The molecule has 1 aliphatic carbocycles. The minimum atomic E-state index is -0.525. The average Bonchev–Trinajstić information content (AvgIpc) is 3.61. The van der Waals surface area contributed by atoms with Crippen molar-refractivity contribution in [3.05, 3.63) is 72.9 Å². The van der Waals surface area contributed by atoms with Gasteiger partial charge in [-0.1, -0.05) is 19.3 Å². The maximum Gasteiger partial charge on any atom is 0.224 e. The van der Waals surface area contributed by atoms with Gasteiger partial charge in [0, 0.05) is 35.8 Å². The smallest absolute Gasteiger partial charge is 0.224 e. The third kappa shape index (κ3) is 5.07. The summed E-state index contributed by atoms with van der Waals surface area (Å²) >= 11 is 0. The Labute approximate surface area is 240 Å². The van der Waals surface area contributed by atoms with Gasteiger partial charge in [0.15, 0.2) is 0 Å². The number of halogens is 1. The highest BCUT2D eigenvalue weighted by atomic mass is 19.1.